The third kappa shape index (κ3) is 5.34. The number of aromatic nitrogens is 2. The van der Waals surface area contributed by atoms with Gasteiger partial charge < -0.3 is 10.2 Å². The number of nitrogens with zero attached hydrogens (tertiary/aromatic N) is 3. The Balaban J connectivity index is 1.52. The van der Waals surface area contributed by atoms with Crippen molar-refractivity contribution in [3.63, 3.8) is 0 Å². The molecule has 1 saturated heterocycles. The minimum absolute atomic E-state index is 0.0867. The van der Waals surface area contributed by atoms with Gasteiger partial charge in [-0.3, -0.25) is 9.59 Å². The molecule has 150 valence electrons. The standard InChI is InChI=1S/C20H25FN4O2S/c1-20(2,3)12-16-23-24-19(28-16)22-17(26)13-7-9-25(10-8-13)18(27)14-5-4-6-15(21)11-14/h4-6,11,13H,7-10,12H2,1-3H3,(H,22,24,26). The molecule has 0 unspecified atom stereocenters. The molecule has 1 N–H and O–H groups in total. The van der Waals surface area contributed by atoms with Gasteiger partial charge in [-0.05, 0) is 36.5 Å². The van der Waals surface area contributed by atoms with E-state index in [2.05, 4.69) is 36.3 Å². The van der Waals surface area contributed by atoms with Crippen molar-refractivity contribution in [1.82, 2.24) is 15.1 Å². The van der Waals surface area contributed by atoms with E-state index in [1.54, 1.807) is 11.0 Å². The van der Waals surface area contributed by atoms with E-state index in [0.717, 1.165) is 11.4 Å². The van der Waals surface area contributed by atoms with Crippen molar-refractivity contribution < 1.29 is 14.0 Å². The first kappa shape index (κ1) is 20.4. The summed E-state index contributed by atoms with van der Waals surface area (Å²) < 4.78 is 13.3. The molecule has 2 heterocycles. The highest BCUT2D eigenvalue weighted by atomic mass is 32.1. The first-order valence-electron chi connectivity index (χ1n) is 9.39. The number of anilines is 1. The fourth-order valence-electron chi connectivity index (χ4n) is 3.19. The number of carbonyl (C=O) groups is 2. The smallest absolute Gasteiger partial charge is 0.253 e. The van der Waals surface area contributed by atoms with Crippen molar-refractivity contribution in [2.24, 2.45) is 11.3 Å². The molecule has 0 atom stereocenters. The minimum Gasteiger partial charge on any atom is -0.339 e. The van der Waals surface area contributed by atoms with Crippen LogP contribution in [0.1, 0.15) is 49.0 Å². The van der Waals surface area contributed by atoms with Crippen LogP contribution in [0.5, 0.6) is 0 Å². The van der Waals surface area contributed by atoms with Gasteiger partial charge >= 0.3 is 0 Å². The molecule has 0 aliphatic carbocycles. The predicted molar refractivity (Wildman–Crippen MR) is 107 cm³/mol. The molecule has 28 heavy (non-hydrogen) atoms. The van der Waals surface area contributed by atoms with Crippen molar-refractivity contribution in [3.8, 4) is 0 Å². The van der Waals surface area contributed by atoms with Crippen molar-refractivity contribution in [2.45, 2.75) is 40.0 Å². The molecule has 0 saturated carbocycles. The van der Waals surface area contributed by atoms with Crippen molar-refractivity contribution >= 4 is 28.3 Å². The number of likely N-dealkylation sites (tertiary alicyclic amines) is 1. The van der Waals surface area contributed by atoms with Gasteiger partial charge in [0.1, 0.15) is 10.8 Å². The van der Waals surface area contributed by atoms with Crippen LogP contribution in [0, 0.1) is 17.2 Å². The molecule has 0 radical (unpaired) electrons. The number of nitrogens with one attached hydrogen (secondary N) is 1. The van der Waals surface area contributed by atoms with Gasteiger partial charge in [-0.15, -0.1) is 10.2 Å². The third-order valence-corrected chi connectivity index (χ3v) is 5.44. The van der Waals surface area contributed by atoms with Crippen LogP contribution in [0.3, 0.4) is 0 Å². The second kappa shape index (κ2) is 8.34. The van der Waals surface area contributed by atoms with Crippen LogP contribution >= 0.6 is 11.3 Å². The maximum atomic E-state index is 13.3. The number of benzene rings is 1. The van der Waals surface area contributed by atoms with Gasteiger partial charge in [0.05, 0.1) is 0 Å². The molecular formula is C20H25FN4O2S. The van der Waals surface area contributed by atoms with Crippen LogP contribution in [0.2, 0.25) is 0 Å². The topological polar surface area (TPSA) is 75.2 Å². The van der Waals surface area contributed by atoms with Gasteiger partial charge in [0.25, 0.3) is 5.91 Å². The quantitative estimate of drug-likeness (QED) is 0.842. The van der Waals surface area contributed by atoms with E-state index in [1.807, 2.05) is 0 Å². The summed E-state index contributed by atoms with van der Waals surface area (Å²) in [5.74, 6) is -0.889. The Hall–Kier alpha value is -2.35. The molecule has 6 nitrogen and oxygen atoms in total. The maximum Gasteiger partial charge on any atom is 0.253 e. The second-order valence-corrected chi connectivity index (χ2v) is 9.37. The fourth-order valence-corrected chi connectivity index (χ4v) is 4.23. The molecule has 0 bridgehead atoms. The zero-order valence-corrected chi connectivity index (χ0v) is 17.2. The summed E-state index contributed by atoms with van der Waals surface area (Å²) >= 11 is 1.40. The first-order valence-corrected chi connectivity index (χ1v) is 10.2. The molecule has 3 rings (SSSR count). The average Bonchev–Trinajstić information content (AvgIpc) is 3.06. The average molecular weight is 405 g/mol. The summed E-state index contributed by atoms with van der Waals surface area (Å²) in [5.41, 5.74) is 0.449. The number of halogens is 1. The summed E-state index contributed by atoms with van der Waals surface area (Å²) in [6.45, 7) is 7.33. The Morgan fingerprint density at radius 3 is 2.61 bits per heavy atom. The van der Waals surface area contributed by atoms with Gasteiger partial charge in [0.15, 0.2) is 0 Å². The molecule has 2 aromatic rings. The third-order valence-electron chi connectivity index (χ3n) is 4.60. The van der Waals surface area contributed by atoms with Crippen molar-refractivity contribution in [1.29, 1.82) is 0 Å². The molecule has 1 aromatic carbocycles. The summed E-state index contributed by atoms with van der Waals surface area (Å²) in [5, 5.41) is 12.5. The van der Waals surface area contributed by atoms with Crippen molar-refractivity contribution in [3.05, 3.63) is 40.7 Å². The number of piperidine rings is 1. The van der Waals surface area contributed by atoms with Crippen LogP contribution in [0.4, 0.5) is 9.52 Å². The molecule has 1 aliphatic rings. The lowest BCUT2D eigenvalue weighted by molar-refractivity contribution is -0.121. The molecule has 1 aliphatic heterocycles. The molecule has 1 fully saturated rings. The van der Waals surface area contributed by atoms with Gasteiger partial charge in [0, 0.05) is 31.0 Å². The van der Waals surface area contributed by atoms with E-state index in [0.29, 0.717) is 36.6 Å². The minimum atomic E-state index is -0.428. The Kier molecular flexibility index (Phi) is 6.07. The van der Waals surface area contributed by atoms with Gasteiger partial charge in [-0.1, -0.05) is 38.2 Å². The Labute approximate surface area is 168 Å². The highest BCUT2D eigenvalue weighted by molar-refractivity contribution is 7.15. The van der Waals surface area contributed by atoms with Crippen LogP contribution in [-0.4, -0.2) is 40.0 Å². The molecular weight excluding hydrogens is 379 g/mol. The second-order valence-electron chi connectivity index (χ2n) is 8.30. The summed E-state index contributed by atoms with van der Waals surface area (Å²) in [6, 6.07) is 5.69. The van der Waals surface area contributed by atoms with Crippen molar-refractivity contribution in [2.75, 3.05) is 18.4 Å². The SMILES string of the molecule is CC(C)(C)Cc1nnc(NC(=O)C2CCN(C(=O)c3cccc(F)c3)CC2)s1. The molecule has 1 aromatic heterocycles. The van der Waals surface area contributed by atoms with E-state index in [-0.39, 0.29) is 23.1 Å². The molecule has 0 spiro atoms. The van der Waals surface area contributed by atoms with Gasteiger partial charge in [-0.25, -0.2) is 4.39 Å². The number of rotatable bonds is 4. The van der Waals surface area contributed by atoms with E-state index >= 15 is 0 Å². The number of carbonyl (C=O) groups excluding carboxylic acids is 2. The van der Waals surface area contributed by atoms with E-state index in [9.17, 15) is 14.0 Å². The predicted octanol–water partition coefficient (Wildman–Crippen LogP) is 3.76. The number of hydrogen-bond acceptors (Lipinski definition) is 5. The van der Waals surface area contributed by atoms with Crippen LogP contribution in [0.15, 0.2) is 24.3 Å². The number of hydrogen-bond donors (Lipinski definition) is 1. The van der Waals surface area contributed by atoms with Gasteiger partial charge in [-0.2, -0.15) is 0 Å². The Morgan fingerprint density at radius 1 is 1.25 bits per heavy atom. The maximum absolute atomic E-state index is 13.3. The lowest BCUT2D eigenvalue weighted by atomic mass is 9.93. The summed E-state index contributed by atoms with van der Waals surface area (Å²) in [7, 11) is 0. The highest BCUT2D eigenvalue weighted by Gasteiger charge is 2.28. The normalized spacial score (nSPS) is 15.5. The monoisotopic (exact) mass is 404 g/mol. The zero-order valence-electron chi connectivity index (χ0n) is 16.4. The summed E-state index contributed by atoms with van der Waals surface area (Å²) in [6.07, 6.45) is 1.95. The van der Waals surface area contributed by atoms with Crippen LogP contribution < -0.4 is 5.32 Å². The Bertz CT molecular complexity index is 854. The first-order chi connectivity index (χ1) is 13.2. The fraction of sp³-hybridized carbons (Fsp3) is 0.500. The van der Waals surface area contributed by atoms with Gasteiger partial charge in [0.2, 0.25) is 11.0 Å². The van der Waals surface area contributed by atoms with E-state index in [4.69, 9.17) is 0 Å². The summed E-state index contributed by atoms with van der Waals surface area (Å²) in [4.78, 5) is 26.7. The highest BCUT2D eigenvalue weighted by Crippen LogP contribution is 2.26. The molecule has 8 heteroatoms. The Morgan fingerprint density at radius 2 is 1.96 bits per heavy atom. The van der Waals surface area contributed by atoms with E-state index < -0.39 is 5.82 Å². The zero-order chi connectivity index (χ0) is 20.3. The van der Waals surface area contributed by atoms with E-state index in [1.165, 1.54) is 29.5 Å². The number of amides is 2. The lowest BCUT2D eigenvalue weighted by Gasteiger charge is -2.31. The van der Waals surface area contributed by atoms with Crippen LogP contribution in [0.25, 0.3) is 0 Å². The lowest BCUT2D eigenvalue weighted by Crippen LogP contribution is -2.41. The van der Waals surface area contributed by atoms with Crippen LogP contribution in [-0.2, 0) is 11.2 Å². The molecule has 2 amide bonds. The largest absolute Gasteiger partial charge is 0.339 e.